The molecule has 1 aromatic carbocycles. The third-order valence-corrected chi connectivity index (χ3v) is 6.32. The van der Waals surface area contributed by atoms with E-state index in [1.165, 1.54) is 33.4 Å². The molecule has 5 rings (SSSR count). The van der Waals surface area contributed by atoms with Gasteiger partial charge in [0.15, 0.2) is 0 Å². The number of pyridine rings is 4. The third-order valence-electron chi connectivity index (χ3n) is 6.32. The van der Waals surface area contributed by atoms with E-state index in [9.17, 15) is 0 Å². The summed E-state index contributed by atoms with van der Waals surface area (Å²) in [6, 6.07) is 25.5. The van der Waals surface area contributed by atoms with Crippen molar-refractivity contribution in [3.05, 3.63) is 156 Å². The van der Waals surface area contributed by atoms with Crippen molar-refractivity contribution in [1.29, 1.82) is 0 Å². The summed E-state index contributed by atoms with van der Waals surface area (Å²) >= 11 is 0. The first-order chi connectivity index (χ1) is 18.8. The number of nitrogens with zero attached hydrogens (tertiary/aromatic N) is 6. The quantitative estimate of drug-likeness (QED) is 0.220. The lowest BCUT2D eigenvalue weighted by molar-refractivity contribution is 0.243. The van der Waals surface area contributed by atoms with Gasteiger partial charge in [-0.2, -0.15) is 0 Å². The molecular formula is C32H32N6. The van der Waals surface area contributed by atoms with Crippen molar-refractivity contribution in [3.8, 4) is 0 Å². The molecule has 38 heavy (non-hydrogen) atoms. The lowest BCUT2D eigenvalue weighted by Gasteiger charge is -2.24. The molecular weight excluding hydrogens is 468 g/mol. The molecule has 0 fully saturated rings. The maximum absolute atomic E-state index is 4.31. The van der Waals surface area contributed by atoms with E-state index in [1.54, 1.807) is 0 Å². The first kappa shape index (κ1) is 25.4. The van der Waals surface area contributed by atoms with Crippen molar-refractivity contribution in [2.24, 2.45) is 0 Å². The van der Waals surface area contributed by atoms with Gasteiger partial charge in [-0.1, -0.05) is 48.5 Å². The Morgan fingerprint density at radius 3 is 0.947 bits per heavy atom. The predicted molar refractivity (Wildman–Crippen MR) is 149 cm³/mol. The van der Waals surface area contributed by atoms with E-state index in [0.717, 1.165) is 39.3 Å². The normalized spacial score (nSPS) is 11.2. The minimum absolute atomic E-state index is 0.821. The lowest BCUT2D eigenvalue weighted by atomic mass is 10.1. The van der Waals surface area contributed by atoms with Crippen LogP contribution in [0.5, 0.6) is 0 Å². The van der Waals surface area contributed by atoms with Crippen LogP contribution in [-0.4, -0.2) is 29.7 Å². The Labute approximate surface area is 224 Å². The van der Waals surface area contributed by atoms with Crippen LogP contribution < -0.4 is 0 Å². The van der Waals surface area contributed by atoms with Crippen LogP contribution in [0.2, 0.25) is 0 Å². The molecule has 6 heteroatoms. The van der Waals surface area contributed by atoms with Gasteiger partial charge in [-0.3, -0.25) is 29.7 Å². The van der Waals surface area contributed by atoms with Gasteiger partial charge in [0.2, 0.25) is 0 Å². The van der Waals surface area contributed by atoms with Gasteiger partial charge in [-0.15, -0.1) is 0 Å². The van der Waals surface area contributed by atoms with Crippen LogP contribution in [0.25, 0.3) is 0 Å². The molecule has 4 heterocycles. The Kier molecular flexibility index (Phi) is 8.91. The standard InChI is InChI=1S/C32H32N6/c1-6-27(21-37(23-29-8-2-12-33-17-29)24-30-9-3-13-34-18-30)16-28(7-1)22-38(25-31-10-4-14-35-19-31)26-32-11-5-15-36-20-32/h1-20H,21-26H2. The summed E-state index contributed by atoms with van der Waals surface area (Å²) in [5, 5.41) is 0. The predicted octanol–water partition coefficient (Wildman–Crippen LogP) is 5.67. The molecule has 0 bridgehead atoms. The van der Waals surface area contributed by atoms with E-state index in [0.29, 0.717) is 0 Å². The van der Waals surface area contributed by atoms with Crippen LogP contribution in [0, 0.1) is 0 Å². The van der Waals surface area contributed by atoms with E-state index in [-0.39, 0.29) is 0 Å². The van der Waals surface area contributed by atoms with E-state index in [2.05, 4.69) is 78.3 Å². The van der Waals surface area contributed by atoms with Gasteiger partial charge < -0.3 is 0 Å². The fourth-order valence-electron chi connectivity index (χ4n) is 4.68. The Morgan fingerprint density at radius 1 is 0.368 bits per heavy atom. The van der Waals surface area contributed by atoms with Gasteiger partial charge in [-0.05, 0) is 57.6 Å². The Hall–Kier alpha value is -4.26. The molecule has 0 aliphatic carbocycles. The first-order valence-corrected chi connectivity index (χ1v) is 12.9. The minimum Gasteiger partial charge on any atom is -0.290 e. The first-order valence-electron chi connectivity index (χ1n) is 12.9. The molecule has 0 aliphatic rings. The second-order valence-corrected chi connectivity index (χ2v) is 9.56. The van der Waals surface area contributed by atoms with Crippen molar-refractivity contribution >= 4 is 0 Å². The van der Waals surface area contributed by atoms with Gasteiger partial charge >= 0.3 is 0 Å². The van der Waals surface area contributed by atoms with Gasteiger partial charge in [0, 0.05) is 88.8 Å². The van der Waals surface area contributed by atoms with Crippen LogP contribution in [0.15, 0.2) is 122 Å². The minimum atomic E-state index is 0.821. The highest BCUT2D eigenvalue weighted by molar-refractivity contribution is 5.24. The Morgan fingerprint density at radius 2 is 0.658 bits per heavy atom. The van der Waals surface area contributed by atoms with E-state index >= 15 is 0 Å². The summed E-state index contributed by atoms with van der Waals surface area (Å²) in [4.78, 5) is 22.1. The lowest BCUT2D eigenvalue weighted by Crippen LogP contribution is -2.24. The average Bonchev–Trinajstić information content (AvgIpc) is 2.95. The molecule has 0 amide bonds. The number of hydrogen-bond donors (Lipinski definition) is 0. The summed E-state index contributed by atoms with van der Waals surface area (Å²) in [5.74, 6) is 0. The Balaban J connectivity index is 1.32. The zero-order valence-electron chi connectivity index (χ0n) is 21.5. The monoisotopic (exact) mass is 500 g/mol. The van der Waals surface area contributed by atoms with E-state index in [1.807, 2.05) is 73.8 Å². The molecule has 5 aromatic rings. The van der Waals surface area contributed by atoms with Crippen LogP contribution in [-0.2, 0) is 39.3 Å². The van der Waals surface area contributed by atoms with Gasteiger partial charge in [0.05, 0.1) is 0 Å². The topological polar surface area (TPSA) is 58.0 Å². The molecule has 0 unspecified atom stereocenters. The van der Waals surface area contributed by atoms with Crippen molar-refractivity contribution < 1.29 is 0 Å². The second-order valence-electron chi connectivity index (χ2n) is 9.56. The Bertz CT molecular complexity index is 1180. The van der Waals surface area contributed by atoms with Gasteiger partial charge in [0.1, 0.15) is 0 Å². The largest absolute Gasteiger partial charge is 0.290 e. The SMILES string of the molecule is c1cncc(CN(Cc2cccnc2)Cc2cccc(CN(Cc3cccnc3)Cc3cccnc3)c2)c1. The van der Waals surface area contributed by atoms with Gasteiger partial charge in [0.25, 0.3) is 0 Å². The fourth-order valence-corrected chi connectivity index (χ4v) is 4.68. The number of benzene rings is 1. The summed E-state index contributed by atoms with van der Waals surface area (Å²) in [7, 11) is 0. The number of rotatable bonds is 12. The molecule has 6 nitrogen and oxygen atoms in total. The highest BCUT2D eigenvalue weighted by Crippen LogP contribution is 2.18. The maximum Gasteiger partial charge on any atom is 0.0312 e. The molecule has 0 saturated heterocycles. The molecule has 0 N–H and O–H groups in total. The maximum atomic E-state index is 4.31. The van der Waals surface area contributed by atoms with Crippen molar-refractivity contribution in [1.82, 2.24) is 29.7 Å². The van der Waals surface area contributed by atoms with Gasteiger partial charge in [-0.25, -0.2) is 0 Å². The highest BCUT2D eigenvalue weighted by atomic mass is 15.1. The molecule has 0 radical (unpaired) electrons. The zero-order chi connectivity index (χ0) is 25.8. The fraction of sp³-hybridized carbons (Fsp3) is 0.188. The number of hydrogen-bond acceptors (Lipinski definition) is 6. The molecule has 190 valence electrons. The van der Waals surface area contributed by atoms with Crippen LogP contribution in [0.3, 0.4) is 0 Å². The summed E-state index contributed by atoms with van der Waals surface area (Å²) in [6.45, 7) is 4.95. The molecule has 4 aromatic heterocycles. The zero-order valence-corrected chi connectivity index (χ0v) is 21.5. The molecule has 0 saturated carbocycles. The van der Waals surface area contributed by atoms with Crippen LogP contribution in [0.4, 0.5) is 0 Å². The number of aromatic nitrogens is 4. The van der Waals surface area contributed by atoms with E-state index in [4.69, 9.17) is 0 Å². The summed E-state index contributed by atoms with van der Waals surface area (Å²) in [5.41, 5.74) is 7.38. The second kappa shape index (κ2) is 13.3. The average molecular weight is 501 g/mol. The van der Waals surface area contributed by atoms with E-state index < -0.39 is 0 Å². The summed E-state index contributed by atoms with van der Waals surface area (Å²) < 4.78 is 0. The smallest absolute Gasteiger partial charge is 0.0312 e. The van der Waals surface area contributed by atoms with Crippen molar-refractivity contribution in [2.45, 2.75) is 39.3 Å². The molecule has 0 atom stereocenters. The molecule has 0 spiro atoms. The molecule has 0 aliphatic heterocycles. The van der Waals surface area contributed by atoms with Crippen molar-refractivity contribution in [3.63, 3.8) is 0 Å². The van der Waals surface area contributed by atoms with Crippen LogP contribution >= 0.6 is 0 Å². The van der Waals surface area contributed by atoms with Crippen molar-refractivity contribution in [2.75, 3.05) is 0 Å². The summed E-state index contributed by atoms with van der Waals surface area (Å²) in [6.07, 6.45) is 15.1. The van der Waals surface area contributed by atoms with Crippen LogP contribution in [0.1, 0.15) is 33.4 Å². The highest BCUT2D eigenvalue weighted by Gasteiger charge is 2.12. The third kappa shape index (κ3) is 7.87.